The predicted molar refractivity (Wildman–Crippen MR) is 121 cm³/mol. The Morgan fingerprint density at radius 1 is 1.16 bits per heavy atom. The van der Waals surface area contributed by atoms with Crippen LogP contribution in [-0.4, -0.2) is 28.1 Å². The van der Waals surface area contributed by atoms with E-state index < -0.39 is 23.8 Å². The van der Waals surface area contributed by atoms with Crippen LogP contribution in [0.25, 0.3) is 0 Å². The van der Waals surface area contributed by atoms with Gasteiger partial charge in [-0.1, -0.05) is 30.3 Å². The van der Waals surface area contributed by atoms with Crippen molar-refractivity contribution in [2.45, 2.75) is 26.4 Å². The normalized spacial score (nSPS) is 11.6. The molecule has 3 rings (SSSR count). The SMILES string of the molecule is Cc1ccccc1N(C(=O)c1snc(C(N)=O)c1N)[C@H](C)C(=O)NCc1ccc(F)cc1. The van der Waals surface area contributed by atoms with Crippen LogP contribution in [0.1, 0.15) is 38.2 Å². The summed E-state index contributed by atoms with van der Waals surface area (Å²) in [6.45, 7) is 3.55. The van der Waals surface area contributed by atoms with Crippen LogP contribution in [0.4, 0.5) is 15.8 Å². The third-order valence-electron chi connectivity index (χ3n) is 4.90. The second-order valence-electron chi connectivity index (χ2n) is 7.12. The molecule has 1 atom stereocenters. The molecule has 0 unspecified atom stereocenters. The number of amides is 3. The van der Waals surface area contributed by atoms with Gasteiger partial charge in [0.05, 0.1) is 5.69 Å². The Bertz CT molecular complexity index is 1160. The number of benzene rings is 2. The number of halogens is 1. The number of para-hydroxylation sites is 1. The van der Waals surface area contributed by atoms with E-state index in [9.17, 15) is 18.8 Å². The maximum atomic E-state index is 13.5. The van der Waals surface area contributed by atoms with Gasteiger partial charge < -0.3 is 16.8 Å². The molecule has 0 aliphatic carbocycles. The molecule has 0 aliphatic rings. The van der Waals surface area contributed by atoms with Crippen LogP contribution in [0.2, 0.25) is 0 Å². The van der Waals surface area contributed by atoms with Crippen molar-refractivity contribution < 1.29 is 18.8 Å². The van der Waals surface area contributed by atoms with E-state index in [0.717, 1.165) is 17.1 Å². The molecule has 166 valence electrons. The van der Waals surface area contributed by atoms with Gasteiger partial charge in [-0.25, -0.2) is 4.39 Å². The van der Waals surface area contributed by atoms with Crippen molar-refractivity contribution in [2.24, 2.45) is 5.73 Å². The lowest BCUT2D eigenvalue weighted by Gasteiger charge is -2.29. The number of aryl methyl sites for hydroxylation is 1. The summed E-state index contributed by atoms with van der Waals surface area (Å²) >= 11 is 0.748. The lowest BCUT2D eigenvalue weighted by atomic mass is 10.1. The summed E-state index contributed by atoms with van der Waals surface area (Å²) in [6.07, 6.45) is 0. The van der Waals surface area contributed by atoms with E-state index in [1.54, 1.807) is 31.2 Å². The second-order valence-corrected chi connectivity index (χ2v) is 7.89. The molecule has 1 heterocycles. The number of nitrogens with zero attached hydrogens (tertiary/aromatic N) is 2. The first kappa shape index (κ1) is 22.9. The number of hydrogen-bond donors (Lipinski definition) is 3. The van der Waals surface area contributed by atoms with E-state index in [2.05, 4.69) is 9.69 Å². The molecule has 3 amide bonds. The highest BCUT2D eigenvalue weighted by molar-refractivity contribution is 7.09. The standard InChI is InChI=1S/C22H22FN5O3S/c1-12-5-3-4-6-16(12)28(22(31)19-17(24)18(20(25)29)27-32-19)13(2)21(30)26-11-14-7-9-15(23)10-8-14/h3-10,13H,11,24H2,1-2H3,(H2,25,29)(H,26,30)/t13-/m1/s1. The first-order valence-corrected chi connectivity index (χ1v) is 10.4. The van der Waals surface area contributed by atoms with E-state index >= 15 is 0 Å². The van der Waals surface area contributed by atoms with Gasteiger partial charge in [-0.05, 0) is 54.7 Å². The molecule has 32 heavy (non-hydrogen) atoms. The topological polar surface area (TPSA) is 131 Å². The van der Waals surface area contributed by atoms with Crippen molar-refractivity contribution >= 4 is 40.6 Å². The van der Waals surface area contributed by atoms with Gasteiger partial charge >= 0.3 is 0 Å². The smallest absolute Gasteiger partial charge is 0.272 e. The molecule has 0 saturated carbocycles. The lowest BCUT2D eigenvalue weighted by Crippen LogP contribution is -2.48. The number of aromatic nitrogens is 1. The van der Waals surface area contributed by atoms with Crippen molar-refractivity contribution in [3.63, 3.8) is 0 Å². The summed E-state index contributed by atoms with van der Waals surface area (Å²) in [5.74, 6) is -2.22. The molecule has 0 bridgehead atoms. The maximum absolute atomic E-state index is 13.5. The number of nitrogens with one attached hydrogen (secondary N) is 1. The largest absolute Gasteiger partial charge is 0.395 e. The molecule has 0 fully saturated rings. The van der Waals surface area contributed by atoms with Gasteiger partial charge in [0.1, 0.15) is 16.7 Å². The number of nitrogen functional groups attached to an aromatic ring is 1. The monoisotopic (exact) mass is 455 g/mol. The highest BCUT2D eigenvalue weighted by atomic mass is 32.1. The highest BCUT2D eigenvalue weighted by Crippen LogP contribution is 2.29. The Hall–Kier alpha value is -3.79. The molecule has 0 aliphatic heterocycles. The third kappa shape index (κ3) is 4.75. The minimum atomic E-state index is -0.928. The molecule has 0 radical (unpaired) electrons. The molecule has 0 saturated heterocycles. The first-order valence-electron chi connectivity index (χ1n) is 9.67. The van der Waals surface area contributed by atoms with Gasteiger partial charge in [-0.2, -0.15) is 4.37 Å². The van der Waals surface area contributed by atoms with Gasteiger partial charge in [0.25, 0.3) is 11.8 Å². The Morgan fingerprint density at radius 3 is 2.41 bits per heavy atom. The molecule has 0 spiro atoms. The fourth-order valence-corrected chi connectivity index (χ4v) is 3.86. The number of primary amides is 1. The van der Waals surface area contributed by atoms with Crippen molar-refractivity contribution in [1.29, 1.82) is 0 Å². The number of nitrogens with two attached hydrogens (primary N) is 2. The van der Waals surface area contributed by atoms with Crippen molar-refractivity contribution in [2.75, 3.05) is 10.6 Å². The quantitative estimate of drug-likeness (QED) is 0.504. The Morgan fingerprint density at radius 2 is 1.81 bits per heavy atom. The number of carbonyl (C=O) groups excluding carboxylic acids is 3. The summed E-state index contributed by atoms with van der Waals surface area (Å²) in [4.78, 5) is 39.2. The molecular weight excluding hydrogens is 433 g/mol. The van der Waals surface area contributed by atoms with Crippen molar-refractivity contribution in [1.82, 2.24) is 9.69 Å². The average Bonchev–Trinajstić information content (AvgIpc) is 3.16. The molecule has 8 nitrogen and oxygen atoms in total. The maximum Gasteiger partial charge on any atom is 0.272 e. The number of carbonyl (C=O) groups is 3. The summed E-state index contributed by atoms with van der Waals surface area (Å²) in [6, 6.07) is 11.9. The fraction of sp³-hybridized carbons (Fsp3) is 0.182. The van der Waals surface area contributed by atoms with E-state index in [-0.39, 0.29) is 28.6 Å². The Kier molecular flexibility index (Phi) is 6.84. The molecule has 5 N–H and O–H groups in total. The highest BCUT2D eigenvalue weighted by Gasteiger charge is 2.32. The van der Waals surface area contributed by atoms with Crippen LogP contribution < -0.4 is 21.7 Å². The summed E-state index contributed by atoms with van der Waals surface area (Å²) < 4.78 is 17.0. The predicted octanol–water partition coefficient (Wildman–Crippen LogP) is 2.62. The van der Waals surface area contributed by atoms with Crippen LogP contribution in [0.3, 0.4) is 0 Å². The van der Waals surface area contributed by atoms with E-state index in [0.29, 0.717) is 11.3 Å². The summed E-state index contributed by atoms with van der Waals surface area (Å²) in [5, 5.41) is 2.76. The molecule has 3 aromatic rings. The minimum Gasteiger partial charge on any atom is -0.395 e. The number of anilines is 2. The minimum absolute atomic E-state index is 0.0141. The molecule has 10 heteroatoms. The Labute approximate surface area is 188 Å². The van der Waals surface area contributed by atoms with Gasteiger partial charge in [-0.3, -0.25) is 19.3 Å². The van der Waals surface area contributed by atoms with Crippen molar-refractivity contribution in [3.05, 3.63) is 76.0 Å². The van der Waals surface area contributed by atoms with Crippen LogP contribution in [0, 0.1) is 12.7 Å². The fourth-order valence-electron chi connectivity index (χ4n) is 3.12. The number of rotatable bonds is 7. The van der Waals surface area contributed by atoms with Gasteiger partial charge in [0.15, 0.2) is 5.69 Å². The van der Waals surface area contributed by atoms with Crippen LogP contribution >= 0.6 is 11.5 Å². The zero-order valence-corrected chi connectivity index (χ0v) is 18.3. The van der Waals surface area contributed by atoms with Crippen molar-refractivity contribution in [3.8, 4) is 0 Å². The van der Waals surface area contributed by atoms with E-state index in [4.69, 9.17) is 11.5 Å². The van der Waals surface area contributed by atoms with Crippen LogP contribution in [-0.2, 0) is 11.3 Å². The average molecular weight is 456 g/mol. The van der Waals surface area contributed by atoms with Crippen LogP contribution in [0.15, 0.2) is 48.5 Å². The molecular formula is C22H22FN5O3S. The summed E-state index contributed by atoms with van der Waals surface area (Å²) in [7, 11) is 0. The number of hydrogen-bond acceptors (Lipinski definition) is 6. The lowest BCUT2D eigenvalue weighted by molar-refractivity contribution is -0.122. The van der Waals surface area contributed by atoms with Gasteiger partial charge in [-0.15, -0.1) is 0 Å². The van der Waals surface area contributed by atoms with E-state index in [1.165, 1.54) is 17.0 Å². The van der Waals surface area contributed by atoms with Gasteiger partial charge in [0.2, 0.25) is 5.91 Å². The van der Waals surface area contributed by atoms with Crippen LogP contribution in [0.5, 0.6) is 0 Å². The summed E-state index contributed by atoms with van der Waals surface area (Å²) in [5.41, 5.74) is 12.9. The molecule has 2 aromatic carbocycles. The zero-order valence-electron chi connectivity index (χ0n) is 17.5. The zero-order chi connectivity index (χ0) is 23.4. The van der Waals surface area contributed by atoms with Gasteiger partial charge in [0, 0.05) is 12.2 Å². The van der Waals surface area contributed by atoms with E-state index in [1.807, 2.05) is 19.1 Å². The first-order chi connectivity index (χ1) is 15.2. The third-order valence-corrected chi connectivity index (χ3v) is 5.75. The second kappa shape index (κ2) is 9.56. The Balaban J connectivity index is 1.91. The molecule has 1 aromatic heterocycles.